The number of aliphatic imine (C=N–C) groups is 1. The number of alkyl halides is 2. The lowest BCUT2D eigenvalue weighted by Gasteiger charge is -2.34. The Morgan fingerprint density at radius 1 is 1.29 bits per heavy atom. The predicted octanol–water partition coefficient (Wildman–Crippen LogP) is 4.60. The van der Waals surface area contributed by atoms with Crippen LogP contribution in [-0.2, 0) is 6.54 Å². The SMILES string of the molecule is CN=C(NCc1cc(Cl)ccc1OC(F)F)NC1CCN(c2cccc(C)n2)CC1.I. The highest BCUT2D eigenvalue weighted by atomic mass is 127. The van der Waals surface area contributed by atoms with E-state index in [9.17, 15) is 8.78 Å². The van der Waals surface area contributed by atoms with Crippen molar-refractivity contribution in [1.29, 1.82) is 0 Å². The summed E-state index contributed by atoms with van der Waals surface area (Å²) in [6.45, 7) is 1.15. The monoisotopic (exact) mass is 565 g/mol. The van der Waals surface area contributed by atoms with Crippen LogP contribution in [0.5, 0.6) is 5.75 Å². The Balaban J connectivity index is 0.00000341. The molecule has 2 N–H and O–H groups in total. The van der Waals surface area contributed by atoms with Gasteiger partial charge in [-0.2, -0.15) is 8.78 Å². The fourth-order valence-electron chi connectivity index (χ4n) is 3.42. The Bertz CT molecular complexity index is 879. The summed E-state index contributed by atoms with van der Waals surface area (Å²) in [5.41, 5.74) is 1.54. The molecule has 0 spiro atoms. The van der Waals surface area contributed by atoms with Gasteiger partial charge in [-0.1, -0.05) is 17.7 Å². The average Bonchev–Trinajstić information content (AvgIpc) is 2.73. The summed E-state index contributed by atoms with van der Waals surface area (Å²) in [5, 5.41) is 7.01. The third kappa shape index (κ3) is 7.64. The summed E-state index contributed by atoms with van der Waals surface area (Å²) in [5.74, 6) is 1.70. The maximum absolute atomic E-state index is 12.6. The fraction of sp³-hybridized carbons (Fsp3) is 0.429. The smallest absolute Gasteiger partial charge is 0.387 e. The van der Waals surface area contributed by atoms with Crippen LogP contribution in [0, 0.1) is 6.92 Å². The normalized spacial score (nSPS) is 14.9. The quantitative estimate of drug-likeness (QED) is 0.305. The zero-order chi connectivity index (χ0) is 21.5. The van der Waals surface area contributed by atoms with Crippen molar-refractivity contribution in [1.82, 2.24) is 15.6 Å². The Hall–Kier alpha value is -1.88. The number of nitrogens with zero attached hydrogens (tertiary/aromatic N) is 3. The molecule has 0 bridgehead atoms. The molecule has 31 heavy (non-hydrogen) atoms. The van der Waals surface area contributed by atoms with Crippen LogP contribution in [0.3, 0.4) is 0 Å². The number of hydrogen-bond donors (Lipinski definition) is 2. The topological polar surface area (TPSA) is 61.8 Å². The zero-order valence-electron chi connectivity index (χ0n) is 17.4. The van der Waals surface area contributed by atoms with Crippen molar-refractivity contribution in [3.8, 4) is 5.75 Å². The largest absolute Gasteiger partial charge is 0.434 e. The van der Waals surface area contributed by atoms with Gasteiger partial charge in [0.2, 0.25) is 0 Å². The highest BCUT2D eigenvalue weighted by molar-refractivity contribution is 14.0. The lowest BCUT2D eigenvalue weighted by Crippen LogP contribution is -2.48. The first kappa shape index (κ1) is 25.4. The molecule has 1 aromatic carbocycles. The molecule has 2 aromatic rings. The highest BCUT2D eigenvalue weighted by Gasteiger charge is 2.21. The Morgan fingerprint density at radius 3 is 2.68 bits per heavy atom. The van der Waals surface area contributed by atoms with Crippen LogP contribution in [0.25, 0.3) is 0 Å². The number of pyridine rings is 1. The van der Waals surface area contributed by atoms with E-state index in [1.54, 1.807) is 13.1 Å². The number of aryl methyl sites for hydroxylation is 1. The molecule has 1 fully saturated rings. The van der Waals surface area contributed by atoms with Crippen LogP contribution in [0.2, 0.25) is 5.02 Å². The molecular weight excluding hydrogens is 539 g/mol. The molecule has 0 atom stereocenters. The first-order valence-electron chi connectivity index (χ1n) is 9.83. The van der Waals surface area contributed by atoms with Gasteiger partial charge in [-0.05, 0) is 50.1 Å². The maximum Gasteiger partial charge on any atom is 0.387 e. The molecule has 170 valence electrons. The molecule has 0 amide bonds. The van der Waals surface area contributed by atoms with Gasteiger partial charge in [-0.3, -0.25) is 4.99 Å². The van der Waals surface area contributed by atoms with E-state index in [0.29, 0.717) is 16.5 Å². The second-order valence-electron chi connectivity index (χ2n) is 7.10. The molecule has 0 unspecified atom stereocenters. The van der Waals surface area contributed by atoms with E-state index < -0.39 is 6.61 Å². The van der Waals surface area contributed by atoms with Gasteiger partial charge in [0, 0.05) is 49.0 Å². The molecular formula is C21H27ClF2IN5O. The van der Waals surface area contributed by atoms with Crippen molar-refractivity contribution in [2.45, 2.75) is 39.0 Å². The number of nitrogens with one attached hydrogen (secondary N) is 2. The number of hydrogen-bond acceptors (Lipinski definition) is 4. The second kappa shape index (κ2) is 12.2. The predicted molar refractivity (Wildman–Crippen MR) is 131 cm³/mol. The molecule has 0 saturated carbocycles. The van der Waals surface area contributed by atoms with Crippen molar-refractivity contribution in [2.24, 2.45) is 4.99 Å². The van der Waals surface area contributed by atoms with E-state index in [-0.39, 0.29) is 42.3 Å². The van der Waals surface area contributed by atoms with Crippen molar-refractivity contribution < 1.29 is 13.5 Å². The standard InChI is InChI=1S/C21H26ClF2N5O.HI/c1-14-4-3-5-19(27-14)29-10-8-17(9-11-29)28-21(25-2)26-13-15-12-16(22)6-7-18(15)30-20(23)24;/h3-7,12,17,20H,8-11,13H2,1-2H3,(H2,25,26,28);1H. The van der Waals surface area contributed by atoms with Crippen molar-refractivity contribution >= 4 is 47.4 Å². The van der Waals surface area contributed by atoms with Crippen molar-refractivity contribution in [2.75, 3.05) is 25.0 Å². The number of piperidine rings is 1. The molecule has 6 nitrogen and oxygen atoms in total. The van der Waals surface area contributed by atoms with Gasteiger partial charge in [0.15, 0.2) is 5.96 Å². The summed E-state index contributed by atoms with van der Waals surface area (Å²) >= 11 is 6.01. The minimum Gasteiger partial charge on any atom is -0.434 e. The van der Waals surface area contributed by atoms with E-state index in [1.807, 2.05) is 25.1 Å². The van der Waals surface area contributed by atoms with E-state index in [0.717, 1.165) is 37.4 Å². The number of aromatic nitrogens is 1. The molecule has 0 aliphatic carbocycles. The van der Waals surface area contributed by atoms with Gasteiger partial charge in [0.05, 0.1) is 0 Å². The van der Waals surface area contributed by atoms with E-state index in [4.69, 9.17) is 11.6 Å². The van der Waals surface area contributed by atoms with Crippen LogP contribution in [0.4, 0.5) is 14.6 Å². The second-order valence-corrected chi connectivity index (χ2v) is 7.54. The Kier molecular flexibility index (Phi) is 10.0. The molecule has 10 heteroatoms. The molecule has 1 aromatic heterocycles. The van der Waals surface area contributed by atoms with Gasteiger partial charge in [0.25, 0.3) is 0 Å². The lowest BCUT2D eigenvalue weighted by molar-refractivity contribution is -0.0504. The molecule has 3 rings (SSSR count). The van der Waals surface area contributed by atoms with Gasteiger partial charge < -0.3 is 20.3 Å². The van der Waals surface area contributed by atoms with Gasteiger partial charge in [-0.25, -0.2) is 4.98 Å². The molecule has 1 aliphatic rings. The number of anilines is 1. The van der Waals surface area contributed by atoms with Crippen LogP contribution >= 0.6 is 35.6 Å². The van der Waals surface area contributed by atoms with Gasteiger partial charge >= 0.3 is 6.61 Å². The van der Waals surface area contributed by atoms with Crippen LogP contribution in [-0.4, -0.2) is 43.7 Å². The van der Waals surface area contributed by atoms with Crippen molar-refractivity contribution in [3.05, 3.63) is 52.7 Å². The highest BCUT2D eigenvalue weighted by Crippen LogP contribution is 2.24. The Morgan fingerprint density at radius 2 is 2.03 bits per heavy atom. The minimum atomic E-state index is -2.89. The van der Waals surface area contributed by atoms with E-state index in [2.05, 4.69) is 30.2 Å². The summed E-state index contributed by atoms with van der Waals surface area (Å²) < 4.78 is 29.8. The number of halogens is 4. The van der Waals surface area contributed by atoms with E-state index >= 15 is 0 Å². The maximum atomic E-state index is 12.6. The van der Waals surface area contributed by atoms with Gasteiger partial charge in [-0.15, -0.1) is 24.0 Å². The fourth-order valence-corrected chi connectivity index (χ4v) is 3.62. The minimum absolute atomic E-state index is 0. The molecule has 0 radical (unpaired) electrons. The Labute approximate surface area is 203 Å². The average molecular weight is 566 g/mol. The van der Waals surface area contributed by atoms with Gasteiger partial charge in [0.1, 0.15) is 11.6 Å². The number of ether oxygens (including phenoxy) is 1. The summed E-state index contributed by atoms with van der Waals surface area (Å²) in [7, 11) is 1.68. The number of guanidine groups is 1. The van der Waals surface area contributed by atoms with Crippen LogP contribution < -0.4 is 20.3 Å². The molecule has 1 aliphatic heterocycles. The van der Waals surface area contributed by atoms with Crippen LogP contribution in [0.1, 0.15) is 24.1 Å². The summed E-state index contributed by atoms with van der Waals surface area (Å²) in [4.78, 5) is 11.1. The van der Waals surface area contributed by atoms with Crippen LogP contribution in [0.15, 0.2) is 41.4 Å². The third-order valence-electron chi connectivity index (χ3n) is 4.94. The molecule has 1 saturated heterocycles. The first-order chi connectivity index (χ1) is 14.4. The zero-order valence-corrected chi connectivity index (χ0v) is 20.5. The summed E-state index contributed by atoms with van der Waals surface area (Å²) in [6, 6.07) is 10.9. The lowest BCUT2D eigenvalue weighted by atomic mass is 10.1. The van der Waals surface area contributed by atoms with Crippen molar-refractivity contribution in [3.63, 3.8) is 0 Å². The number of benzene rings is 1. The summed E-state index contributed by atoms with van der Waals surface area (Å²) in [6.07, 6.45) is 1.88. The first-order valence-corrected chi connectivity index (χ1v) is 10.2. The third-order valence-corrected chi connectivity index (χ3v) is 5.18. The molecule has 2 heterocycles. The number of rotatable bonds is 6. The van der Waals surface area contributed by atoms with E-state index in [1.165, 1.54) is 12.1 Å².